The first-order valence-corrected chi connectivity index (χ1v) is 9.36. The summed E-state index contributed by atoms with van der Waals surface area (Å²) >= 11 is 0. The Balaban J connectivity index is 1.63. The summed E-state index contributed by atoms with van der Waals surface area (Å²) in [6.45, 7) is 5.36. The molecule has 0 amide bonds. The topological polar surface area (TPSA) is 97.3 Å². The smallest absolute Gasteiger partial charge is 0.214 e. The van der Waals surface area contributed by atoms with E-state index in [1.165, 1.54) is 0 Å². The van der Waals surface area contributed by atoms with E-state index in [-0.39, 0.29) is 6.10 Å². The lowest BCUT2D eigenvalue weighted by Crippen LogP contribution is -2.46. The highest BCUT2D eigenvalue weighted by Crippen LogP contribution is 2.33. The first kappa shape index (κ1) is 17.7. The normalized spacial score (nSPS) is 21.5. The van der Waals surface area contributed by atoms with E-state index in [4.69, 9.17) is 20.6 Å². The first-order valence-electron chi connectivity index (χ1n) is 9.36. The average molecular weight is 367 g/mol. The van der Waals surface area contributed by atoms with Crippen LogP contribution in [0, 0.1) is 5.41 Å². The lowest BCUT2D eigenvalue weighted by molar-refractivity contribution is 0.0902. The zero-order valence-electron chi connectivity index (χ0n) is 15.7. The third kappa shape index (κ3) is 3.47. The van der Waals surface area contributed by atoms with E-state index >= 15 is 0 Å². The molecule has 2 aliphatic heterocycles. The minimum absolute atomic E-state index is 0.00693. The van der Waals surface area contributed by atoms with E-state index in [1.807, 2.05) is 26.0 Å². The van der Waals surface area contributed by atoms with Gasteiger partial charge in [-0.1, -0.05) is 0 Å². The molecule has 7 heteroatoms. The molecule has 0 aromatic carbocycles. The van der Waals surface area contributed by atoms with Crippen molar-refractivity contribution in [1.29, 1.82) is 5.41 Å². The van der Waals surface area contributed by atoms with Crippen LogP contribution in [0.3, 0.4) is 0 Å². The zero-order chi connectivity index (χ0) is 19.0. The van der Waals surface area contributed by atoms with Gasteiger partial charge in [0.1, 0.15) is 5.82 Å². The van der Waals surface area contributed by atoms with Gasteiger partial charge < -0.3 is 20.1 Å². The van der Waals surface area contributed by atoms with Crippen molar-refractivity contribution < 1.29 is 9.47 Å². The molecular formula is C20H25N5O2. The number of ether oxygens (including phenoxy) is 2. The average Bonchev–Trinajstić information content (AvgIpc) is 2.91. The number of rotatable bonds is 5. The number of hydrogen-bond acceptors (Lipinski definition) is 7. The van der Waals surface area contributed by atoms with Gasteiger partial charge >= 0.3 is 0 Å². The molecule has 4 heterocycles. The highest BCUT2D eigenvalue weighted by Gasteiger charge is 2.38. The van der Waals surface area contributed by atoms with E-state index in [9.17, 15) is 0 Å². The number of fused-ring (bicyclic) bond motifs is 2. The largest absolute Gasteiger partial charge is 0.475 e. The molecule has 4 rings (SSSR count). The minimum Gasteiger partial charge on any atom is -0.475 e. The van der Waals surface area contributed by atoms with Crippen LogP contribution in [0.15, 0.2) is 30.6 Å². The van der Waals surface area contributed by atoms with Crippen LogP contribution in [0.4, 0.5) is 11.5 Å². The third-order valence-corrected chi connectivity index (χ3v) is 5.07. The molecule has 2 unspecified atom stereocenters. The predicted molar refractivity (Wildman–Crippen MR) is 105 cm³/mol. The molecule has 2 fully saturated rings. The lowest BCUT2D eigenvalue weighted by Gasteiger charge is -2.35. The summed E-state index contributed by atoms with van der Waals surface area (Å²) in [5.41, 5.74) is 8.28. The summed E-state index contributed by atoms with van der Waals surface area (Å²) in [7, 11) is 0. The molecule has 0 saturated carbocycles. The van der Waals surface area contributed by atoms with E-state index in [0.717, 1.165) is 37.4 Å². The summed E-state index contributed by atoms with van der Waals surface area (Å²) < 4.78 is 11.3. The fourth-order valence-corrected chi connectivity index (χ4v) is 3.84. The van der Waals surface area contributed by atoms with Crippen molar-refractivity contribution >= 4 is 17.2 Å². The number of morpholine rings is 1. The summed E-state index contributed by atoms with van der Waals surface area (Å²) in [6, 6.07) is 6.30. The summed E-state index contributed by atoms with van der Waals surface area (Å²) in [6.07, 6.45) is 5.57. The number of pyridine rings is 2. The molecular weight excluding hydrogens is 342 g/mol. The summed E-state index contributed by atoms with van der Waals surface area (Å²) in [5, 5.41) is 8.68. The Bertz CT molecular complexity index is 838. The Kier molecular flexibility index (Phi) is 4.70. The van der Waals surface area contributed by atoms with Crippen LogP contribution in [-0.2, 0) is 4.74 Å². The quantitative estimate of drug-likeness (QED) is 0.789. The number of aromatic nitrogens is 2. The molecule has 2 aliphatic rings. The molecule has 142 valence electrons. The molecule has 3 N–H and O–H groups in total. The second kappa shape index (κ2) is 7.15. The number of nitrogens with zero attached hydrogens (tertiary/aromatic N) is 3. The van der Waals surface area contributed by atoms with Crippen LogP contribution >= 0.6 is 0 Å². The van der Waals surface area contributed by atoms with Crippen LogP contribution in [0.2, 0.25) is 0 Å². The monoisotopic (exact) mass is 367 g/mol. The van der Waals surface area contributed by atoms with Crippen LogP contribution in [0.5, 0.6) is 5.88 Å². The Hall–Kier alpha value is -2.67. The van der Waals surface area contributed by atoms with E-state index < -0.39 is 0 Å². The van der Waals surface area contributed by atoms with Crippen molar-refractivity contribution in [2.24, 2.45) is 0 Å². The van der Waals surface area contributed by atoms with Crippen molar-refractivity contribution in [1.82, 2.24) is 9.97 Å². The Morgan fingerprint density at radius 3 is 2.70 bits per heavy atom. The zero-order valence-corrected chi connectivity index (χ0v) is 15.7. The molecule has 0 aliphatic carbocycles. The number of nitrogens with two attached hydrogens (primary N) is 1. The van der Waals surface area contributed by atoms with E-state index in [0.29, 0.717) is 34.9 Å². The van der Waals surface area contributed by atoms with Crippen molar-refractivity contribution in [3.63, 3.8) is 0 Å². The maximum Gasteiger partial charge on any atom is 0.214 e. The van der Waals surface area contributed by atoms with Gasteiger partial charge in [-0.25, -0.2) is 9.97 Å². The number of nitrogens with one attached hydrogen (secondary N) is 1. The molecule has 27 heavy (non-hydrogen) atoms. The molecule has 2 aromatic heterocycles. The van der Waals surface area contributed by atoms with Crippen LogP contribution < -0.4 is 15.4 Å². The molecule has 7 nitrogen and oxygen atoms in total. The first-order chi connectivity index (χ1) is 13.0. The van der Waals surface area contributed by atoms with Gasteiger partial charge in [0.05, 0.1) is 49.0 Å². The summed E-state index contributed by atoms with van der Waals surface area (Å²) in [5.74, 6) is 1.37. The Morgan fingerprint density at radius 2 is 2.00 bits per heavy atom. The molecule has 2 aromatic rings. The number of nitrogen functional groups attached to an aromatic ring is 1. The predicted octanol–water partition coefficient (Wildman–Crippen LogP) is 2.63. The highest BCUT2D eigenvalue weighted by atomic mass is 16.5. The maximum atomic E-state index is 8.68. The Labute approximate surface area is 159 Å². The SMILES string of the molecule is CC(C)Oc1cc(C(=N)c2ccnc(N3C4CCC3COC4)c2)c(N)cn1. The van der Waals surface area contributed by atoms with Crippen molar-refractivity contribution in [3.8, 4) is 5.88 Å². The van der Waals surface area contributed by atoms with Crippen molar-refractivity contribution in [2.45, 2.75) is 44.9 Å². The van der Waals surface area contributed by atoms with E-state index in [1.54, 1.807) is 18.5 Å². The molecule has 0 radical (unpaired) electrons. The van der Waals surface area contributed by atoms with Gasteiger partial charge in [0.15, 0.2) is 0 Å². The van der Waals surface area contributed by atoms with Crippen molar-refractivity contribution in [2.75, 3.05) is 23.8 Å². The van der Waals surface area contributed by atoms with Gasteiger partial charge in [-0.3, -0.25) is 5.41 Å². The van der Waals surface area contributed by atoms with Crippen LogP contribution in [0.25, 0.3) is 0 Å². The van der Waals surface area contributed by atoms with E-state index in [2.05, 4.69) is 14.9 Å². The lowest BCUT2D eigenvalue weighted by atomic mass is 10.0. The van der Waals surface area contributed by atoms with Gasteiger partial charge in [0, 0.05) is 23.4 Å². The second-order valence-electron chi connectivity index (χ2n) is 7.38. The molecule has 2 atom stereocenters. The fourth-order valence-electron chi connectivity index (χ4n) is 3.84. The fraction of sp³-hybridized carbons (Fsp3) is 0.450. The van der Waals surface area contributed by atoms with Crippen molar-refractivity contribution in [3.05, 3.63) is 41.7 Å². The van der Waals surface area contributed by atoms with Gasteiger partial charge in [0.25, 0.3) is 0 Å². The molecule has 0 spiro atoms. The van der Waals surface area contributed by atoms with Crippen LogP contribution in [0.1, 0.15) is 37.8 Å². The van der Waals surface area contributed by atoms with Gasteiger partial charge in [-0.15, -0.1) is 0 Å². The standard InChI is InChI=1S/C20H25N5O2/c1-12(2)27-19-8-16(17(21)9-24-19)20(22)13-5-6-23-18(7-13)25-14-3-4-15(25)11-26-10-14/h5-9,12,14-15,22H,3-4,10-11,21H2,1-2H3. The molecule has 2 saturated heterocycles. The Morgan fingerprint density at radius 1 is 1.26 bits per heavy atom. The van der Waals surface area contributed by atoms with Crippen LogP contribution in [-0.4, -0.2) is 47.1 Å². The maximum absolute atomic E-state index is 8.68. The van der Waals surface area contributed by atoms with Gasteiger partial charge in [-0.05, 0) is 38.8 Å². The third-order valence-electron chi connectivity index (χ3n) is 5.07. The molecule has 2 bridgehead atoms. The summed E-state index contributed by atoms with van der Waals surface area (Å²) in [4.78, 5) is 11.1. The minimum atomic E-state index is 0.00693. The second-order valence-corrected chi connectivity index (χ2v) is 7.38. The number of anilines is 2. The number of hydrogen-bond donors (Lipinski definition) is 2. The highest BCUT2D eigenvalue weighted by molar-refractivity contribution is 6.14. The van der Waals surface area contributed by atoms with Gasteiger partial charge in [0.2, 0.25) is 5.88 Å². The van der Waals surface area contributed by atoms with Gasteiger partial charge in [-0.2, -0.15) is 0 Å².